The van der Waals surface area contributed by atoms with E-state index in [-0.39, 0.29) is 5.60 Å². The molecule has 4 nitrogen and oxygen atoms in total. The maximum absolute atomic E-state index is 6.18. The van der Waals surface area contributed by atoms with Gasteiger partial charge in [0.25, 0.3) is 0 Å². The summed E-state index contributed by atoms with van der Waals surface area (Å²) in [6.07, 6.45) is 2.36. The van der Waals surface area contributed by atoms with Gasteiger partial charge in [0.05, 0.1) is 12.2 Å². The van der Waals surface area contributed by atoms with E-state index in [9.17, 15) is 0 Å². The minimum Gasteiger partial charge on any atom is -0.450 e. The molecule has 0 N–H and O–H groups in total. The van der Waals surface area contributed by atoms with Gasteiger partial charge in [0.15, 0.2) is 23.0 Å². The minimum absolute atomic E-state index is 0.381. The predicted octanol–water partition coefficient (Wildman–Crippen LogP) is 7.36. The predicted molar refractivity (Wildman–Crippen MR) is 122 cm³/mol. The Bertz CT molecular complexity index is 799. The third-order valence-corrected chi connectivity index (χ3v) is 4.95. The molecular formula is C25H37NO3. The molecule has 1 aliphatic rings. The highest BCUT2D eigenvalue weighted by Crippen LogP contribution is 2.47. The number of anilines is 1. The van der Waals surface area contributed by atoms with Gasteiger partial charge < -0.3 is 19.1 Å². The molecule has 1 unspecified atom stereocenters. The third-order valence-electron chi connectivity index (χ3n) is 4.95. The topological polar surface area (TPSA) is 30.9 Å². The normalized spacial score (nSPS) is 13.1. The summed E-state index contributed by atoms with van der Waals surface area (Å²) in [6, 6.07) is 12.0. The van der Waals surface area contributed by atoms with Gasteiger partial charge in [-0.2, -0.15) is 0 Å². The van der Waals surface area contributed by atoms with E-state index in [1.165, 1.54) is 6.42 Å². The van der Waals surface area contributed by atoms with E-state index in [1.54, 1.807) is 0 Å². The Morgan fingerprint density at radius 2 is 1.45 bits per heavy atom. The second kappa shape index (κ2) is 10.0. The summed E-state index contributed by atoms with van der Waals surface area (Å²) < 4.78 is 18.3. The molecule has 29 heavy (non-hydrogen) atoms. The van der Waals surface area contributed by atoms with E-state index in [1.807, 2.05) is 49.3 Å². The average molecular weight is 400 g/mol. The third kappa shape index (κ3) is 5.89. The fraction of sp³-hybridized carbons (Fsp3) is 0.520. The first kappa shape index (κ1) is 23.1. The van der Waals surface area contributed by atoms with E-state index < -0.39 is 0 Å². The zero-order chi connectivity index (χ0) is 21.6. The lowest BCUT2D eigenvalue weighted by Crippen LogP contribution is -2.24. The summed E-state index contributed by atoms with van der Waals surface area (Å²) in [5, 5.41) is 0. The van der Waals surface area contributed by atoms with Gasteiger partial charge in [-0.3, -0.25) is 0 Å². The quantitative estimate of drug-likeness (QED) is 0.433. The summed E-state index contributed by atoms with van der Waals surface area (Å²) in [6.45, 7) is 13.6. The van der Waals surface area contributed by atoms with Crippen LogP contribution in [0.3, 0.4) is 0 Å². The van der Waals surface area contributed by atoms with Crippen LogP contribution < -0.4 is 14.4 Å². The maximum atomic E-state index is 6.18. The van der Waals surface area contributed by atoms with Crippen molar-refractivity contribution in [2.75, 3.05) is 25.6 Å². The summed E-state index contributed by atoms with van der Waals surface area (Å²) in [5.74, 6) is 3.48. The molecular weight excluding hydrogens is 362 g/mol. The molecule has 0 radical (unpaired) electrons. The van der Waals surface area contributed by atoms with Gasteiger partial charge in [0, 0.05) is 25.8 Å². The Kier molecular flexibility index (Phi) is 7.97. The fourth-order valence-electron chi connectivity index (χ4n) is 2.77. The van der Waals surface area contributed by atoms with Crippen LogP contribution in [-0.4, -0.2) is 20.7 Å². The number of hydrogen-bond donors (Lipinski definition) is 0. The molecule has 0 saturated carbocycles. The number of benzene rings is 2. The van der Waals surface area contributed by atoms with Crippen molar-refractivity contribution in [3.05, 3.63) is 42.0 Å². The first-order valence-electron chi connectivity index (χ1n) is 10.7. The van der Waals surface area contributed by atoms with Gasteiger partial charge in [0.1, 0.15) is 0 Å². The Morgan fingerprint density at radius 3 is 2.03 bits per heavy atom. The first-order valence-corrected chi connectivity index (χ1v) is 10.7. The number of nitrogens with zero attached hydrogens (tertiary/aromatic N) is 1. The van der Waals surface area contributed by atoms with Gasteiger partial charge in [-0.1, -0.05) is 46.6 Å². The van der Waals surface area contributed by atoms with Crippen LogP contribution in [0.1, 0.15) is 59.9 Å². The molecule has 0 fully saturated rings. The first-order chi connectivity index (χ1) is 13.7. The minimum atomic E-state index is -0.381. The molecule has 2 aromatic rings. The molecule has 3 rings (SSSR count). The van der Waals surface area contributed by atoms with Crippen LogP contribution in [0.2, 0.25) is 0 Å². The number of rotatable bonds is 6. The van der Waals surface area contributed by atoms with E-state index >= 15 is 0 Å². The van der Waals surface area contributed by atoms with Crippen LogP contribution in [0.5, 0.6) is 23.0 Å². The standard InChI is InChI=1S/C22H29NO3.C3H8/c1-7-15(2)14-24-22(3,4)16-8-10-18-20(12-16)26-21-13-17(23(5)6)9-11-19(21)25-18;1-3-2/h8-13,15H,7,14H2,1-6H3;3H2,1-2H3. The van der Waals surface area contributed by atoms with Crippen molar-refractivity contribution >= 4 is 5.69 Å². The largest absolute Gasteiger partial charge is 0.450 e. The lowest BCUT2D eigenvalue weighted by Gasteiger charge is -2.29. The summed E-state index contributed by atoms with van der Waals surface area (Å²) in [4.78, 5) is 2.04. The van der Waals surface area contributed by atoms with Gasteiger partial charge in [-0.05, 0) is 49.6 Å². The Hall–Kier alpha value is -2.20. The van der Waals surface area contributed by atoms with Crippen molar-refractivity contribution in [1.82, 2.24) is 0 Å². The van der Waals surface area contributed by atoms with Crippen LogP contribution in [0, 0.1) is 5.92 Å². The highest BCUT2D eigenvalue weighted by molar-refractivity contribution is 5.61. The summed E-state index contributed by atoms with van der Waals surface area (Å²) in [7, 11) is 4.02. The number of hydrogen-bond acceptors (Lipinski definition) is 4. The van der Waals surface area contributed by atoms with Crippen LogP contribution in [0.25, 0.3) is 0 Å². The lowest BCUT2D eigenvalue weighted by atomic mass is 9.97. The smallest absolute Gasteiger partial charge is 0.172 e. The Morgan fingerprint density at radius 1 is 0.897 bits per heavy atom. The SMILES string of the molecule is CCC.CCC(C)COC(C)(C)c1ccc2c(c1)Oc1cc(N(C)C)ccc1O2. The molecule has 1 atom stereocenters. The number of fused-ring (bicyclic) bond motifs is 2. The second-order valence-electron chi connectivity index (χ2n) is 8.43. The molecule has 0 aliphatic carbocycles. The van der Waals surface area contributed by atoms with Crippen molar-refractivity contribution < 1.29 is 14.2 Å². The zero-order valence-corrected chi connectivity index (χ0v) is 19.3. The zero-order valence-electron chi connectivity index (χ0n) is 19.3. The van der Waals surface area contributed by atoms with Gasteiger partial charge in [-0.25, -0.2) is 0 Å². The molecule has 4 heteroatoms. The molecule has 0 spiro atoms. The van der Waals surface area contributed by atoms with Crippen molar-refractivity contribution in [3.8, 4) is 23.0 Å². The van der Waals surface area contributed by atoms with Crippen molar-refractivity contribution in [2.24, 2.45) is 5.92 Å². The van der Waals surface area contributed by atoms with E-state index in [4.69, 9.17) is 14.2 Å². The van der Waals surface area contributed by atoms with E-state index in [0.717, 1.165) is 47.3 Å². The van der Waals surface area contributed by atoms with Gasteiger partial charge in [-0.15, -0.1) is 0 Å². The van der Waals surface area contributed by atoms with Crippen molar-refractivity contribution in [1.29, 1.82) is 0 Å². The average Bonchev–Trinajstić information content (AvgIpc) is 2.70. The van der Waals surface area contributed by atoms with Crippen LogP contribution in [0.15, 0.2) is 36.4 Å². The summed E-state index contributed by atoms with van der Waals surface area (Å²) >= 11 is 0. The van der Waals surface area contributed by atoms with Crippen molar-refractivity contribution in [2.45, 2.75) is 60.0 Å². The fourth-order valence-corrected chi connectivity index (χ4v) is 2.77. The van der Waals surface area contributed by atoms with Gasteiger partial charge >= 0.3 is 0 Å². The second-order valence-corrected chi connectivity index (χ2v) is 8.43. The number of ether oxygens (including phenoxy) is 3. The summed E-state index contributed by atoms with van der Waals surface area (Å²) in [5.41, 5.74) is 1.77. The van der Waals surface area contributed by atoms with Crippen LogP contribution in [0.4, 0.5) is 5.69 Å². The van der Waals surface area contributed by atoms with Crippen molar-refractivity contribution in [3.63, 3.8) is 0 Å². The van der Waals surface area contributed by atoms with Crippen LogP contribution in [-0.2, 0) is 10.3 Å². The molecule has 1 heterocycles. The highest BCUT2D eigenvalue weighted by atomic mass is 16.6. The molecule has 1 aliphatic heterocycles. The molecule has 0 saturated heterocycles. The Labute approximate surface area is 176 Å². The molecule has 2 aromatic carbocycles. The lowest BCUT2D eigenvalue weighted by molar-refractivity contribution is -0.0377. The molecule has 0 amide bonds. The Balaban J connectivity index is 0.000000941. The van der Waals surface area contributed by atoms with E-state index in [0.29, 0.717) is 5.92 Å². The highest BCUT2D eigenvalue weighted by Gasteiger charge is 2.26. The monoisotopic (exact) mass is 399 g/mol. The van der Waals surface area contributed by atoms with Crippen LogP contribution >= 0.6 is 0 Å². The van der Waals surface area contributed by atoms with Gasteiger partial charge in [0.2, 0.25) is 0 Å². The molecule has 160 valence electrons. The maximum Gasteiger partial charge on any atom is 0.172 e. The molecule has 0 aromatic heterocycles. The molecule has 0 bridgehead atoms. The van der Waals surface area contributed by atoms with E-state index in [2.05, 4.69) is 47.6 Å².